The Morgan fingerprint density at radius 3 is 2.85 bits per heavy atom. The van der Waals surface area contributed by atoms with Crippen molar-refractivity contribution in [1.82, 2.24) is 15.2 Å². The number of nitrogens with one attached hydrogen (secondary N) is 1. The molecule has 0 aliphatic carbocycles. The third-order valence-electron chi connectivity index (χ3n) is 3.50. The molecule has 2 rings (SSSR count). The van der Waals surface area contributed by atoms with Crippen LogP contribution in [0.2, 0.25) is 0 Å². The lowest BCUT2D eigenvalue weighted by atomic mass is 10.2. The number of nitrogens with zero attached hydrogens (tertiary/aromatic N) is 4. The number of likely N-dealkylation sites (N-methyl/N-ethyl adjacent to an activating group) is 1. The maximum Gasteiger partial charge on any atom is 0.311 e. The van der Waals surface area contributed by atoms with Gasteiger partial charge in [0, 0.05) is 58.6 Å². The van der Waals surface area contributed by atoms with Crippen LogP contribution in [0.25, 0.3) is 0 Å². The van der Waals surface area contributed by atoms with Crippen LogP contribution in [0.4, 0.5) is 11.5 Å². The molecular formula is C13H21N5O2. The van der Waals surface area contributed by atoms with Crippen molar-refractivity contribution < 1.29 is 4.92 Å². The summed E-state index contributed by atoms with van der Waals surface area (Å²) in [4.78, 5) is 19.2. The molecule has 110 valence electrons. The van der Waals surface area contributed by atoms with Gasteiger partial charge in [0.1, 0.15) is 0 Å². The number of rotatable bonds is 5. The number of hydrogen-bond donors (Lipinski definition) is 1. The monoisotopic (exact) mass is 279 g/mol. The highest BCUT2D eigenvalue weighted by Gasteiger charge is 2.19. The van der Waals surface area contributed by atoms with Crippen molar-refractivity contribution in [1.29, 1.82) is 0 Å². The molecule has 1 aliphatic heterocycles. The number of pyridine rings is 1. The lowest BCUT2D eigenvalue weighted by Gasteiger charge is -2.29. The fraction of sp³-hybridized carbons (Fsp3) is 0.615. The Morgan fingerprint density at radius 2 is 2.20 bits per heavy atom. The second-order valence-corrected chi connectivity index (χ2v) is 5.13. The number of piperazine rings is 1. The molecule has 7 nitrogen and oxygen atoms in total. The fourth-order valence-corrected chi connectivity index (χ4v) is 2.31. The van der Waals surface area contributed by atoms with Crippen LogP contribution < -0.4 is 10.2 Å². The van der Waals surface area contributed by atoms with Gasteiger partial charge in [0.2, 0.25) is 5.82 Å². The van der Waals surface area contributed by atoms with E-state index in [9.17, 15) is 10.1 Å². The molecule has 1 aliphatic rings. The van der Waals surface area contributed by atoms with Crippen molar-refractivity contribution in [2.75, 3.05) is 51.2 Å². The minimum atomic E-state index is -0.364. The Kier molecular flexibility index (Phi) is 4.86. The highest BCUT2D eigenvalue weighted by molar-refractivity contribution is 5.58. The van der Waals surface area contributed by atoms with E-state index >= 15 is 0 Å². The van der Waals surface area contributed by atoms with Gasteiger partial charge in [0.15, 0.2) is 0 Å². The number of aryl methyl sites for hydroxylation is 1. The summed E-state index contributed by atoms with van der Waals surface area (Å²) in [6, 6.07) is 1.57. The summed E-state index contributed by atoms with van der Waals surface area (Å²) in [5.41, 5.74) is 0.878. The molecule has 7 heteroatoms. The van der Waals surface area contributed by atoms with E-state index in [-0.39, 0.29) is 10.6 Å². The minimum Gasteiger partial charge on any atom is -0.353 e. The zero-order valence-electron chi connectivity index (χ0n) is 12.0. The van der Waals surface area contributed by atoms with Crippen LogP contribution >= 0.6 is 0 Å². The Bertz CT molecular complexity index is 474. The van der Waals surface area contributed by atoms with Crippen LogP contribution in [0.1, 0.15) is 5.56 Å². The van der Waals surface area contributed by atoms with Gasteiger partial charge in [-0.1, -0.05) is 0 Å². The first-order chi connectivity index (χ1) is 9.58. The number of aromatic nitrogens is 1. The quantitative estimate of drug-likeness (QED) is 0.630. The molecule has 1 N–H and O–H groups in total. The second kappa shape index (κ2) is 6.62. The van der Waals surface area contributed by atoms with Crippen molar-refractivity contribution in [2.24, 2.45) is 0 Å². The van der Waals surface area contributed by atoms with Crippen LogP contribution in [0.15, 0.2) is 12.3 Å². The third kappa shape index (κ3) is 3.64. The number of hydrogen-bond acceptors (Lipinski definition) is 6. The van der Waals surface area contributed by atoms with Crippen LogP contribution in [-0.2, 0) is 0 Å². The standard InChI is InChI=1S/C13H21N5O2/c1-11-9-12(18(19)20)13(15-10-11)16(2)7-8-17-5-3-14-4-6-17/h9-10,14H,3-8H2,1-2H3. The summed E-state index contributed by atoms with van der Waals surface area (Å²) in [5, 5.41) is 14.4. The molecule has 1 aromatic heterocycles. The zero-order valence-corrected chi connectivity index (χ0v) is 12.0. The maximum absolute atomic E-state index is 11.1. The Morgan fingerprint density at radius 1 is 1.50 bits per heavy atom. The first-order valence-corrected chi connectivity index (χ1v) is 6.83. The predicted molar refractivity (Wildman–Crippen MR) is 78.2 cm³/mol. The van der Waals surface area contributed by atoms with Gasteiger partial charge in [-0.25, -0.2) is 4.98 Å². The van der Waals surface area contributed by atoms with E-state index in [2.05, 4.69) is 15.2 Å². The predicted octanol–water partition coefficient (Wildman–Crippen LogP) is 0.640. The average Bonchev–Trinajstić information content (AvgIpc) is 2.45. The van der Waals surface area contributed by atoms with Gasteiger partial charge in [-0.2, -0.15) is 0 Å². The molecule has 1 aromatic rings. The van der Waals surface area contributed by atoms with Crippen molar-refractivity contribution in [3.63, 3.8) is 0 Å². The summed E-state index contributed by atoms with van der Waals surface area (Å²) < 4.78 is 0. The first kappa shape index (κ1) is 14.7. The van der Waals surface area contributed by atoms with Crippen LogP contribution in [0.5, 0.6) is 0 Å². The maximum atomic E-state index is 11.1. The van der Waals surface area contributed by atoms with Crippen LogP contribution in [0, 0.1) is 17.0 Å². The molecule has 0 saturated carbocycles. The van der Waals surface area contributed by atoms with Crippen molar-refractivity contribution >= 4 is 11.5 Å². The van der Waals surface area contributed by atoms with Gasteiger partial charge in [-0.15, -0.1) is 0 Å². The van der Waals surface area contributed by atoms with Gasteiger partial charge >= 0.3 is 5.69 Å². The lowest BCUT2D eigenvalue weighted by Crippen LogP contribution is -2.46. The normalized spacial score (nSPS) is 16.1. The summed E-state index contributed by atoms with van der Waals surface area (Å²) in [6.45, 7) is 7.50. The van der Waals surface area contributed by atoms with Crippen molar-refractivity contribution in [3.8, 4) is 0 Å². The molecule has 0 spiro atoms. The topological polar surface area (TPSA) is 74.5 Å². The van der Waals surface area contributed by atoms with Gasteiger partial charge < -0.3 is 10.2 Å². The Balaban J connectivity index is 2.01. The molecule has 0 unspecified atom stereocenters. The highest BCUT2D eigenvalue weighted by atomic mass is 16.6. The van der Waals surface area contributed by atoms with Crippen molar-refractivity contribution in [3.05, 3.63) is 27.9 Å². The van der Waals surface area contributed by atoms with Gasteiger partial charge in [-0.05, 0) is 12.5 Å². The molecule has 0 amide bonds. The molecule has 20 heavy (non-hydrogen) atoms. The van der Waals surface area contributed by atoms with E-state index in [4.69, 9.17) is 0 Å². The number of anilines is 1. The Hall–Kier alpha value is -1.73. The second-order valence-electron chi connectivity index (χ2n) is 5.13. The van der Waals surface area contributed by atoms with E-state index in [0.29, 0.717) is 5.82 Å². The molecule has 0 atom stereocenters. The summed E-state index contributed by atoms with van der Waals surface area (Å²) in [7, 11) is 1.85. The van der Waals surface area contributed by atoms with E-state index < -0.39 is 0 Å². The van der Waals surface area contributed by atoms with E-state index in [0.717, 1.165) is 44.8 Å². The van der Waals surface area contributed by atoms with Gasteiger partial charge in [-0.3, -0.25) is 15.0 Å². The molecular weight excluding hydrogens is 258 g/mol. The van der Waals surface area contributed by atoms with Gasteiger partial charge in [0.05, 0.1) is 4.92 Å². The molecule has 0 radical (unpaired) electrons. The molecule has 1 saturated heterocycles. The zero-order chi connectivity index (χ0) is 14.5. The first-order valence-electron chi connectivity index (χ1n) is 6.83. The summed E-state index contributed by atoms with van der Waals surface area (Å²) in [5.74, 6) is 0.440. The smallest absolute Gasteiger partial charge is 0.311 e. The fourth-order valence-electron chi connectivity index (χ4n) is 2.31. The van der Waals surface area contributed by atoms with E-state index in [1.807, 2.05) is 18.9 Å². The largest absolute Gasteiger partial charge is 0.353 e. The van der Waals surface area contributed by atoms with E-state index in [1.54, 1.807) is 12.3 Å². The summed E-state index contributed by atoms with van der Waals surface area (Å²) in [6.07, 6.45) is 1.67. The van der Waals surface area contributed by atoms with Crippen molar-refractivity contribution in [2.45, 2.75) is 6.92 Å². The Labute approximate surface area is 118 Å². The van der Waals surface area contributed by atoms with Crippen LogP contribution in [0.3, 0.4) is 0 Å². The molecule has 0 bridgehead atoms. The SMILES string of the molecule is Cc1cnc(N(C)CCN2CCNCC2)c([N+](=O)[O-])c1. The third-order valence-corrected chi connectivity index (χ3v) is 3.50. The highest BCUT2D eigenvalue weighted by Crippen LogP contribution is 2.25. The average molecular weight is 279 g/mol. The van der Waals surface area contributed by atoms with Crippen LogP contribution in [-0.4, -0.2) is 61.1 Å². The minimum absolute atomic E-state index is 0.0767. The van der Waals surface area contributed by atoms with Gasteiger partial charge in [0.25, 0.3) is 0 Å². The molecule has 1 fully saturated rings. The lowest BCUT2D eigenvalue weighted by molar-refractivity contribution is -0.384. The van der Waals surface area contributed by atoms with E-state index in [1.165, 1.54) is 0 Å². The number of nitro groups is 1. The molecule has 2 heterocycles. The molecule has 0 aromatic carbocycles. The summed E-state index contributed by atoms with van der Waals surface area (Å²) >= 11 is 0.